The van der Waals surface area contributed by atoms with E-state index in [4.69, 9.17) is 16.3 Å². The molecule has 2 aromatic rings. The molecule has 2 rings (SSSR count). The standard InChI is InChI=1S/C18H22ClNO/c1-12-5-7-15(8-6-12)16(10-19)9-17-14(3)18(21-4)13(2)11-20-17/h5-8,11,16H,9-10H2,1-4H3. The molecule has 0 fully saturated rings. The number of aryl methyl sites for hydroxylation is 2. The summed E-state index contributed by atoms with van der Waals surface area (Å²) in [5, 5.41) is 0. The van der Waals surface area contributed by atoms with E-state index in [2.05, 4.69) is 43.1 Å². The average molecular weight is 304 g/mol. The van der Waals surface area contributed by atoms with Gasteiger partial charge >= 0.3 is 0 Å². The first kappa shape index (κ1) is 15.8. The van der Waals surface area contributed by atoms with Gasteiger partial charge in [0.15, 0.2) is 0 Å². The van der Waals surface area contributed by atoms with Crippen LogP contribution in [0, 0.1) is 20.8 Å². The summed E-state index contributed by atoms with van der Waals surface area (Å²) < 4.78 is 5.48. The van der Waals surface area contributed by atoms with E-state index in [1.54, 1.807) is 7.11 Å². The Morgan fingerprint density at radius 3 is 2.38 bits per heavy atom. The number of hydrogen-bond acceptors (Lipinski definition) is 2. The third kappa shape index (κ3) is 3.56. The minimum absolute atomic E-state index is 0.269. The average Bonchev–Trinajstić information content (AvgIpc) is 2.48. The van der Waals surface area contributed by atoms with E-state index in [0.717, 1.165) is 29.0 Å². The molecule has 21 heavy (non-hydrogen) atoms. The number of pyridine rings is 1. The zero-order chi connectivity index (χ0) is 15.4. The maximum Gasteiger partial charge on any atom is 0.128 e. The molecule has 0 saturated carbocycles. The first-order valence-electron chi connectivity index (χ1n) is 7.18. The molecule has 0 aliphatic rings. The van der Waals surface area contributed by atoms with E-state index in [9.17, 15) is 0 Å². The summed E-state index contributed by atoms with van der Waals surface area (Å²) >= 11 is 6.19. The van der Waals surface area contributed by atoms with Gasteiger partial charge in [0, 0.05) is 34.8 Å². The van der Waals surface area contributed by atoms with Crippen molar-refractivity contribution >= 4 is 11.6 Å². The predicted octanol–water partition coefficient (Wildman–Crippen LogP) is 4.58. The number of benzene rings is 1. The van der Waals surface area contributed by atoms with Gasteiger partial charge < -0.3 is 4.74 Å². The summed E-state index contributed by atoms with van der Waals surface area (Å²) in [4.78, 5) is 4.58. The lowest BCUT2D eigenvalue weighted by Crippen LogP contribution is -2.09. The Labute approximate surface area is 132 Å². The van der Waals surface area contributed by atoms with Crippen molar-refractivity contribution in [3.05, 3.63) is 58.4 Å². The molecule has 112 valence electrons. The van der Waals surface area contributed by atoms with Crippen molar-refractivity contribution in [3.8, 4) is 5.75 Å². The Bertz CT molecular complexity index is 607. The highest BCUT2D eigenvalue weighted by atomic mass is 35.5. The maximum absolute atomic E-state index is 6.19. The van der Waals surface area contributed by atoms with Crippen molar-refractivity contribution in [2.45, 2.75) is 33.1 Å². The number of ether oxygens (including phenoxy) is 1. The molecule has 0 spiro atoms. The van der Waals surface area contributed by atoms with Gasteiger partial charge in [-0.05, 0) is 32.8 Å². The SMILES string of the molecule is COc1c(C)cnc(CC(CCl)c2ccc(C)cc2)c1C. The molecule has 2 nitrogen and oxygen atoms in total. The smallest absolute Gasteiger partial charge is 0.128 e. The van der Waals surface area contributed by atoms with Crippen LogP contribution in [0.4, 0.5) is 0 Å². The highest BCUT2D eigenvalue weighted by molar-refractivity contribution is 6.18. The summed E-state index contributed by atoms with van der Waals surface area (Å²) in [6, 6.07) is 8.57. The van der Waals surface area contributed by atoms with Gasteiger partial charge in [-0.2, -0.15) is 0 Å². The molecule has 0 bridgehead atoms. The summed E-state index contributed by atoms with van der Waals surface area (Å²) in [7, 11) is 1.71. The van der Waals surface area contributed by atoms with Crippen molar-refractivity contribution in [3.63, 3.8) is 0 Å². The van der Waals surface area contributed by atoms with Crippen LogP contribution in [0.25, 0.3) is 0 Å². The molecule has 1 aromatic heterocycles. The molecule has 0 aliphatic heterocycles. The molecular weight excluding hydrogens is 282 g/mol. The third-order valence-electron chi connectivity index (χ3n) is 3.92. The molecule has 1 unspecified atom stereocenters. The van der Waals surface area contributed by atoms with E-state index >= 15 is 0 Å². The summed E-state index contributed by atoms with van der Waals surface area (Å²) in [6.45, 7) is 6.17. The van der Waals surface area contributed by atoms with Gasteiger partial charge in [-0.15, -0.1) is 11.6 Å². The third-order valence-corrected chi connectivity index (χ3v) is 4.30. The molecule has 0 amide bonds. The van der Waals surface area contributed by atoms with Gasteiger partial charge in [0.05, 0.1) is 7.11 Å². The monoisotopic (exact) mass is 303 g/mol. The van der Waals surface area contributed by atoms with Crippen molar-refractivity contribution < 1.29 is 4.74 Å². The molecule has 0 saturated heterocycles. The Balaban J connectivity index is 2.29. The van der Waals surface area contributed by atoms with Crippen LogP contribution in [0.3, 0.4) is 0 Å². The molecule has 0 radical (unpaired) electrons. The van der Waals surface area contributed by atoms with Gasteiger partial charge in [-0.3, -0.25) is 4.98 Å². The fourth-order valence-corrected chi connectivity index (χ4v) is 2.90. The Morgan fingerprint density at radius 1 is 1.14 bits per heavy atom. The molecule has 0 N–H and O–H groups in total. The van der Waals surface area contributed by atoms with E-state index in [1.165, 1.54) is 11.1 Å². The zero-order valence-electron chi connectivity index (χ0n) is 13.1. The second-order valence-corrected chi connectivity index (χ2v) is 5.82. The van der Waals surface area contributed by atoms with Crippen LogP contribution in [0.1, 0.15) is 33.9 Å². The maximum atomic E-state index is 6.19. The predicted molar refractivity (Wildman–Crippen MR) is 88.6 cm³/mol. The van der Waals surface area contributed by atoms with Crippen LogP contribution in [-0.2, 0) is 6.42 Å². The first-order chi connectivity index (χ1) is 10.1. The highest BCUT2D eigenvalue weighted by Crippen LogP contribution is 2.28. The number of alkyl halides is 1. The van der Waals surface area contributed by atoms with Gasteiger partial charge in [-0.1, -0.05) is 29.8 Å². The van der Waals surface area contributed by atoms with Gasteiger partial charge in [0.1, 0.15) is 5.75 Å². The minimum atomic E-state index is 0.269. The highest BCUT2D eigenvalue weighted by Gasteiger charge is 2.16. The summed E-state index contributed by atoms with van der Waals surface area (Å²) in [5.41, 5.74) is 5.76. The van der Waals surface area contributed by atoms with Crippen molar-refractivity contribution in [1.29, 1.82) is 0 Å². The lowest BCUT2D eigenvalue weighted by Gasteiger charge is -2.17. The topological polar surface area (TPSA) is 22.1 Å². The van der Waals surface area contributed by atoms with Crippen LogP contribution in [-0.4, -0.2) is 18.0 Å². The molecule has 3 heteroatoms. The van der Waals surface area contributed by atoms with Gasteiger partial charge in [0.25, 0.3) is 0 Å². The molecule has 1 aromatic carbocycles. The van der Waals surface area contributed by atoms with E-state index < -0.39 is 0 Å². The van der Waals surface area contributed by atoms with Gasteiger partial charge in [-0.25, -0.2) is 0 Å². The molecular formula is C18H22ClNO. The second kappa shape index (κ2) is 6.95. The van der Waals surface area contributed by atoms with Crippen LogP contribution in [0.2, 0.25) is 0 Å². The van der Waals surface area contributed by atoms with Crippen LogP contribution in [0.15, 0.2) is 30.5 Å². The number of methoxy groups -OCH3 is 1. The van der Waals surface area contributed by atoms with Crippen molar-refractivity contribution in [2.24, 2.45) is 0 Å². The van der Waals surface area contributed by atoms with Crippen LogP contribution < -0.4 is 4.74 Å². The number of halogens is 1. The number of rotatable bonds is 5. The zero-order valence-corrected chi connectivity index (χ0v) is 13.9. The Morgan fingerprint density at radius 2 is 1.81 bits per heavy atom. The fourth-order valence-electron chi connectivity index (χ4n) is 2.61. The molecule has 1 heterocycles. The van der Waals surface area contributed by atoms with E-state index in [1.807, 2.05) is 13.1 Å². The lowest BCUT2D eigenvalue weighted by atomic mass is 9.93. The van der Waals surface area contributed by atoms with Crippen LogP contribution in [0.5, 0.6) is 5.75 Å². The van der Waals surface area contributed by atoms with E-state index in [0.29, 0.717) is 5.88 Å². The first-order valence-corrected chi connectivity index (χ1v) is 7.71. The van der Waals surface area contributed by atoms with Gasteiger partial charge in [0.2, 0.25) is 0 Å². The minimum Gasteiger partial charge on any atom is -0.496 e. The lowest BCUT2D eigenvalue weighted by molar-refractivity contribution is 0.406. The summed E-state index contributed by atoms with van der Waals surface area (Å²) in [5.74, 6) is 1.78. The normalized spacial score (nSPS) is 12.2. The Hall–Kier alpha value is -1.54. The second-order valence-electron chi connectivity index (χ2n) is 5.51. The quantitative estimate of drug-likeness (QED) is 0.754. The van der Waals surface area contributed by atoms with Crippen molar-refractivity contribution in [2.75, 3.05) is 13.0 Å². The largest absolute Gasteiger partial charge is 0.496 e. The number of hydrogen-bond donors (Lipinski definition) is 0. The number of aromatic nitrogens is 1. The molecule has 0 aliphatic carbocycles. The fraction of sp³-hybridized carbons (Fsp3) is 0.389. The Kier molecular flexibility index (Phi) is 5.24. The van der Waals surface area contributed by atoms with E-state index in [-0.39, 0.29) is 5.92 Å². The van der Waals surface area contributed by atoms with Crippen LogP contribution >= 0.6 is 11.6 Å². The number of nitrogens with zero attached hydrogens (tertiary/aromatic N) is 1. The summed E-state index contributed by atoms with van der Waals surface area (Å²) in [6.07, 6.45) is 2.70. The van der Waals surface area contributed by atoms with Crippen molar-refractivity contribution in [1.82, 2.24) is 4.98 Å². The molecule has 1 atom stereocenters.